The number of piperazine rings is 1. The standard InChI is InChI=1S/C18H22N4O4S/c1-15-13-17(20-26-15)19-18(23)14-21-8-10-22(11-9-21)27(24,25)12-7-16-5-3-2-4-6-16/h2-7,12-13H,8-11,14H2,1H3,(H,19,20,23). The minimum atomic E-state index is -3.48. The maximum Gasteiger partial charge on any atom is 0.239 e. The molecule has 1 aliphatic heterocycles. The van der Waals surface area contributed by atoms with Crippen molar-refractivity contribution < 1.29 is 17.7 Å². The zero-order valence-corrected chi connectivity index (χ0v) is 15.9. The molecule has 2 heterocycles. The van der Waals surface area contributed by atoms with Crippen molar-refractivity contribution >= 4 is 27.8 Å². The van der Waals surface area contributed by atoms with Crippen molar-refractivity contribution in [3.05, 3.63) is 53.1 Å². The van der Waals surface area contributed by atoms with Gasteiger partial charge >= 0.3 is 0 Å². The first kappa shape index (κ1) is 19.3. The average molecular weight is 390 g/mol. The zero-order valence-electron chi connectivity index (χ0n) is 15.0. The molecule has 1 N–H and O–H groups in total. The largest absolute Gasteiger partial charge is 0.360 e. The van der Waals surface area contributed by atoms with Gasteiger partial charge in [-0.1, -0.05) is 35.5 Å². The first-order valence-corrected chi connectivity index (χ1v) is 10.1. The Bertz CT molecular complexity index is 900. The molecular formula is C18H22N4O4S. The lowest BCUT2D eigenvalue weighted by atomic mass is 10.2. The van der Waals surface area contributed by atoms with Crippen LogP contribution in [0.5, 0.6) is 0 Å². The first-order chi connectivity index (χ1) is 12.9. The van der Waals surface area contributed by atoms with Crippen LogP contribution in [0.25, 0.3) is 6.08 Å². The summed E-state index contributed by atoms with van der Waals surface area (Å²) in [5.74, 6) is 0.793. The summed E-state index contributed by atoms with van der Waals surface area (Å²) < 4.78 is 31.2. The number of aryl methyl sites for hydroxylation is 1. The molecule has 0 radical (unpaired) electrons. The number of hydrogen-bond acceptors (Lipinski definition) is 6. The molecule has 1 fully saturated rings. The second-order valence-corrected chi connectivity index (χ2v) is 8.12. The number of sulfonamides is 1. The van der Waals surface area contributed by atoms with E-state index in [1.165, 1.54) is 9.71 Å². The van der Waals surface area contributed by atoms with Gasteiger partial charge in [0.05, 0.1) is 6.54 Å². The minimum Gasteiger partial charge on any atom is -0.360 e. The van der Waals surface area contributed by atoms with Crippen LogP contribution in [-0.2, 0) is 14.8 Å². The van der Waals surface area contributed by atoms with E-state index in [0.717, 1.165) is 5.56 Å². The molecule has 1 amide bonds. The predicted molar refractivity (Wildman–Crippen MR) is 102 cm³/mol. The van der Waals surface area contributed by atoms with Crippen LogP contribution >= 0.6 is 0 Å². The van der Waals surface area contributed by atoms with E-state index in [2.05, 4.69) is 10.5 Å². The predicted octanol–water partition coefficient (Wildman–Crippen LogP) is 1.54. The number of carbonyl (C=O) groups excluding carboxylic acids is 1. The van der Waals surface area contributed by atoms with Crippen LogP contribution < -0.4 is 5.32 Å². The van der Waals surface area contributed by atoms with Crippen LogP contribution in [0.1, 0.15) is 11.3 Å². The molecule has 9 heteroatoms. The second-order valence-electron chi connectivity index (χ2n) is 6.30. The number of nitrogens with zero attached hydrogens (tertiary/aromatic N) is 3. The van der Waals surface area contributed by atoms with Crippen LogP contribution in [0.15, 0.2) is 46.3 Å². The van der Waals surface area contributed by atoms with Crippen molar-refractivity contribution in [2.24, 2.45) is 0 Å². The summed E-state index contributed by atoms with van der Waals surface area (Å²) in [6, 6.07) is 10.9. The Kier molecular flexibility index (Phi) is 6.04. The third kappa shape index (κ3) is 5.49. The molecule has 0 aliphatic carbocycles. The molecule has 1 aromatic carbocycles. The number of rotatable bonds is 6. The molecule has 1 aliphatic rings. The van der Waals surface area contributed by atoms with Gasteiger partial charge in [-0.05, 0) is 18.6 Å². The van der Waals surface area contributed by atoms with Crippen LogP contribution in [0.2, 0.25) is 0 Å². The first-order valence-electron chi connectivity index (χ1n) is 8.61. The number of benzene rings is 1. The van der Waals surface area contributed by atoms with Gasteiger partial charge in [0.15, 0.2) is 5.82 Å². The molecule has 0 saturated carbocycles. The van der Waals surface area contributed by atoms with Crippen molar-refractivity contribution in [1.29, 1.82) is 0 Å². The highest BCUT2D eigenvalue weighted by Crippen LogP contribution is 2.12. The Morgan fingerprint density at radius 2 is 1.93 bits per heavy atom. The molecule has 8 nitrogen and oxygen atoms in total. The van der Waals surface area contributed by atoms with E-state index in [-0.39, 0.29) is 12.5 Å². The van der Waals surface area contributed by atoms with Gasteiger partial charge in [-0.25, -0.2) is 8.42 Å². The summed E-state index contributed by atoms with van der Waals surface area (Å²) in [4.78, 5) is 14.0. The number of aromatic nitrogens is 1. The lowest BCUT2D eigenvalue weighted by molar-refractivity contribution is -0.117. The molecule has 2 aromatic rings. The van der Waals surface area contributed by atoms with Gasteiger partial charge in [0.2, 0.25) is 15.9 Å². The molecule has 0 unspecified atom stereocenters. The van der Waals surface area contributed by atoms with E-state index in [1.807, 2.05) is 35.2 Å². The van der Waals surface area contributed by atoms with Crippen LogP contribution in [0, 0.1) is 6.92 Å². The van der Waals surface area contributed by atoms with Crippen molar-refractivity contribution in [2.75, 3.05) is 38.0 Å². The lowest BCUT2D eigenvalue weighted by Crippen LogP contribution is -2.49. The third-order valence-corrected chi connectivity index (χ3v) is 5.75. The van der Waals surface area contributed by atoms with Crippen molar-refractivity contribution in [2.45, 2.75) is 6.92 Å². The highest BCUT2D eigenvalue weighted by molar-refractivity contribution is 7.92. The summed E-state index contributed by atoms with van der Waals surface area (Å²) in [5.41, 5.74) is 0.833. The number of carbonyl (C=O) groups is 1. The van der Waals surface area contributed by atoms with Gasteiger partial charge in [0, 0.05) is 37.7 Å². The minimum absolute atomic E-state index is 0.180. The molecule has 1 aromatic heterocycles. The molecule has 1 saturated heterocycles. The van der Waals surface area contributed by atoms with Crippen LogP contribution in [-0.4, -0.2) is 61.4 Å². The number of hydrogen-bond donors (Lipinski definition) is 1. The van der Waals surface area contributed by atoms with Crippen LogP contribution in [0.4, 0.5) is 5.82 Å². The number of anilines is 1. The Morgan fingerprint density at radius 3 is 2.56 bits per heavy atom. The van der Waals surface area contributed by atoms with E-state index in [9.17, 15) is 13.2 Å². The van der Waals surface area contributed by atoms with E-state index >= 15 is 0 Å². The SMILES string of the molecule is Cc1cc(NC(=O)CN2CCN(S(=O)(=O)C=Cc3ccccc3)CC2)no1. The monoisotopic (exact) mass is 390 g/mol. The summed E-state index contributed by atoms with van der Waals surface area (Å²) in [7, 11) is -3.48. The molecule has 0 bridgehead atoms. The lowest BCUT2D eigenvalue weighted by Gasteiger charge is -2.32. The van der Waals surface area contributed by atoms with Gasteiger partial charge in [-0.3, -0.25) is 9.69 Å². The van der Waals surface area contributed by atoms with Gasteiger partial charge in [0.1, 0.15) is 5.76 Å². The number of amides is 1. The molecule has 0 spiro atoms. The molecular weight excluding hydrogens is 368 g/mol. The summed E-state index contributed by atoms with van der Waals surface area (Å²) >= 11 is 0. The fourth-order valence-electron chi connectivity index (χ4n) is 2.77. The van der Waals surface area contributed by atoms with Crippen molar-refractivity contribution in [3.8, 4) is 0 Å². The molecule has 3 rings (SSSR count). The number of nitrogens with one attached hydrogen (secondary N) is 1. The normalized spacial score (nSPS) is 16.6. The van der Waals surface area contributed by atoms with E-state index in [1.54, 1.807) is 19.1 Å². The topological polar surface area (TPSA) is 95.8 Å². The maximum atomic E-state index is 12.5. The van der Waals surface area contributed by atoms with E-state index < -0.39 is 10.0 Å². The third-order valence-electron chi connectivity index (χ3n) is 4.19. The van der Waals surface area contributed by atoms with Gasteiger partial charge in [-0.15, -0.1) is 0 Å². The highest BCUT2D eigenvalue weighted by atomic mass is 32.2. The fourth-order valence-corrected chi connectivity index (χ4v) is 3.94. The Balaban J connectivity index is 1.49. The summed E-state index contributed by atoms with van der Waals surface area (Å²) in [6.45, 7) is 3.59. The second kappa shape index (κ2) is 8.47. The smallest absolute Gasteiger partial charge is 0.239 e. The van der Waals surface area contributed by atoms with Gasteiger partial charge in [-0.2, -0.15) is 4.31 Å². The van der Waals surface area contributed by atoms with Crippen LogP contribution in [0.3, 0.4) is 0 Å². The molecule has 0 atom stereocenters. The maximum absolute atomic E-state index is 12.5. The Hall–Kier alpha value is -2.49. The quantitative estimate of drug-likeness (QED) is 0.804. The summed E-state index contributed by atoms with van der Waals surface area (Å²) in [5, 5.41) is 7.61. The zero-order chi connectivity index (χ0) is 19.3. The average Bonchev–Trinajstić information content (AvgIpc) is 3.06. The van der Waals surface area contributed by atoms with Crippen molar-refractivity contribution in [3.63, 3.8) is 0 Å². The van der Waals surface area contributed by atoms with Gasteiger partial charge in [0.25, 0.3) is 0 Å². The van der Waals surface area contributed by atoms with Gasteiger partial charge < -0.3 is 9.84 Å². The van der Waals surface area contributed by atoms with Crippen molar-refractivity contribution in [1.82, 2.24) is 14.4 Å². The Labute approximate surface area is 158 Å². The highest BCUT2D eigenvalue weighted by Gasteiger charge is 2.26. The Morgan fingerprint density at radius 1 is 1.22 bits per heavy atom. The van der Waals surface area contributed by atoms with E-state index in [0.29, 0.717) is 37.8 Å². The molecule has 27 heavy (non-hydrogen) atoms. The molecule has 144 valence electrons. The fraction of sp³-hybridized carbons (Fsp3) is 0.333. The summed E-state index contributed by atoms with van der Waals surface area (Å²) in [6.07, 6.45) is 1.59. The van der Waals surface area contributed by atoms with E-state index in [4.69, 9.17) is 4.52 Å².